The highest BCUT2D eigenvalue weighted by molar-refractivity contribution is 6.84. The molecule has 0 saturated heterocycles. The van der Waals surface area contributed by atoms with Crippen LogP contribution in [-0.2, 0) is 6.54 Å². The summed E-state index contributed by atoms with van der Waals surface area (Å²) >= 11 is 0. The Labute approximate surface area is 245 Å². The minimum absolute atomic E-state index is 0.200. The average molecular weight is 547 g/mol. The van der Waals surface area contributed by atoms with Crippen molar-refractivity contribution in [2.24, 2.45) is 0 Å². The quantitative estimate of drug-likeness (QED) is 0.113. The van der Waals surface area contributed by atoms with E-state index in [1.54, 1.807) is 5.20 Å². The van der Waals surface area contributed by atoms with Gasteiger partial charge in [0, 0.05) is 40.7 Å². The summed E-state index contributed by atoms with van der Waals surface area (Å²) in [7, 11) is -1.81. The van der Waals surface area contributed by atoms with Gasteiger partial charge in [-0.25, -0.2) is 0 Å². The molecular weight excluding hydrogens is 511 g/mol. The second-order valence-electron chi connectivity index (χ2n) is 12.3. The first-order chi connectivity index (χ1) is 20.0. The number of hydrogen-bond donors (Lipinski definition) is 0. The van der Waals surface area contributed by atoms with Gasteiger partial charge >= 0.3 is 0 Å². The molecular formula is C39H36NSi+. The maximum Gasteiger partial charge on any atom is 0.217 e. The van der Waals surface area contributed by atoms with E-state index < -0.39 is 8.07 Å². The highest BCUT2D eigenvalue weighted by Crippen LogP contribution is 2.58. The zero-order valence-corrected chi connectivity index (χ0v) is 25.1. The summed E-state index contributed by atoms with van der Waals surface area (Å²) in [6.45, 7) is 8.43. The SMILES string of the molecule is C[Si](C)(C)C1=C(C(c2ccccc2)=[N+](Cc2ccccc2)c2ccccc2)C2c3ccccc3C1c1ccccc12. The molecule has 0 aliphatic heterocycles. The van der Waals surface area contributed by atoms with Crippen molar-refractivity contribution in [3.8, 4) is 0 Å². The summed E-state index contributed by atoms with van der Waals surface area (Å²) < 4.78 is 2.59. The van der Waals surface area contributed by atoms with E-state index in [0.717, 1.165) is 6.54 Å². The minimum atomic E-state index is -1.81. The third-order valence-corrected chi connectivity index (χ3v) is 10.9. The highest BCUT2D eigenvalue weighted by Gasteiger charge is 2.49. The fourth-order valence-corrected chi connectivity index (χ4v) is 9.42. The van der Waals surface area contributed by atoms with Gasteiger partial charge in [-0.3, -0.25) is 0 Å². The molecule has 0 aromatic heterocycles. The van der Waals surface area contributed by atoms with Crippen molar-refractivity contribution in [1.29, 1.82) is 0 Å². The molecule has 8 rings (SSSR count). The lowest BCUT2D eigenvalue weighted by Crippen LogP contribution is -2.42. The van der Waals surface area contributed by atoms with Gasteiger partial charge in [-0.2, -0.15) is 4.58 Å². The maximum absolute atomic E-state index is 2.59. The van der Waals surface area contributed by atoms with Gasteiger partial charge < -0.3 is 0 Å². The molecule has 3 aliphatic carbocycles. The average Bonchev–Trinajstić information content (AvgIpc) is 3.01. The standard InChI is InChI=1S/C39H36NSi/c1-41(2,3)39-36-33-25-15-13-23-31(33)35(32-24-14-16-26-34(32)36)37(39)38(29-19-9-5-10-20-29)40(30-21-11-6-12-22-30)27-28-17-7-4-8-18-28/h4-26,35-36H,27H2,1-3H3/q+1. The zero-order chi connectivity index (χ0) is 28.0. The molecule has 1 nitrogen and oxygen atoms in total. The Morgan fingerprint density at radius 2 is 0.976 bits per heavy atom. The lowest BCUT2D eigenvalue weighted by atomic mass is 9.63. The third kappa shape index (κ3) is 4.43. The molecule has 0 radical (unpaired) electrons. The van der Waals surface area contributed by atoms with E-state index in [9.17, 15) is 0 Å². The fraction of sp³-hybridized carbons (Fsp3) is 0.154. The molecule has 2 heteroatoms. The fourth-order valence-electron chi connectivity index (χ4n) is 7.17. The van der Waals surface area contributed by atoms with Crippen molar-refractivity contribution < 1.29 is 4.58 Å². The van der Waals surface area contributed by atoms with Crippen LogP contribution in [0.4, 0.5) is 5.69 Å². The van der Waals surface area contributed by atoms with Gasteiger partial charge in [0.1, 0.15) is 0 Å². The monoisotopic (exact) mass is 546 g/mol. The lowest BCUT2D eigenvalue weighted by molar-refractivity contribution is -0.457. The van der Waals surface area contributed by atoms with E-state index in [1.807, 2.05) is 0 Å². The molecule has 2 bridgehead atoms. The Morgan fingerprint density at radius 3 is 1.49 bits per heavy atom. The van der Waals surface area contributed by atoms with Crippen LogP contribution in [0.5, 0.6) is 0 Å². The summed E-state index contributed by atoms with van der Waals surface area (Å²) in [5, 5.41) is 1.67. The normalized spacial score (nSPS) is 18.0. The second-order valence-corrected chi connectivity index (χ2v) is 17.4. The Hall–Kier alpha value is -4.27. The Balaban J connectivity index is 1.63. The number of allylic oxidation sites excluding steroid dienone is 2. The molecule has 5 aromatic rings. The van der Waals surface area contributed by atoms with E-state index in [2.05, 4.69) is 164 Å². The van der Waals surface area contributed by atoms with E-state index in [-0.39, 0.29) is 5.92 Å². The van der Waals surface area contributed by atoms with Crippen molar-refractivity contribution in [2.75, 3.05) is 0 Å². The van der Waals surface area contributed by atoms with Gasteiger partial charge in [0.2, 0.25) is 11.4 Å². The van der Waals surface area contributed by atoms with Crippen molar-refractivity contribution in [3.63, 3.8) is 0 Å². The number of hydrogen-bond acceptors (Lipinski definition) is 0. The summed E-state index contributed by atoms with van der Waals surface area (Å²) in [6.07, 6.45) is 0. The minimum Gasteiger partial charge on any atom is -0.187 e. The lowest BCUT2D eigenvalue weighted by Gasteiger charge is -2.46. The molecule has 0 spiro atoms. The molecule has 0 saturated carbocycles. The first kappa shape index (κ1) is 25.7. The van der Waals surface area contributed by atoms with Gasteiger partial charge in [-0.1, -0.05) is 140 Å². The van der Waals surface area contributed by atoms with Crippen LogP contribution in [0.3, 0.4) is 0 Å². The van der Waals surface area contributed by atoms with Gasteiger partial charge in [-0.15, -0.1) is 0 Å². The largest absolute Gasteiger partial charge is 0.217 e. The number of benzene rings is 5. The van der Waals surface area contributed by atoms with Crippen LogP contribution in [0.2, 0.25) is 19.6 Å². The second kappa shape index (κ2) is 10.3. The van der Waals surface area contributed by atoms with Crippen molar-refractivity contribution >= 4 is 19.5 Å². The molecule has 0 N–H and O–H groups in total. The van der Waals surface area contributed by atoms with Crippen LogP contribution < -0.4 is 0 Å². The maximum atomic E-state index is 2.59. The van der Waals surface area contributed by atoms with Crippen molar-refractivity contribution in [2.45, 2.75) is 38.0 Å². The third-order valence-electron chi connectivity index (χ3n) is 8.74. The molecule has 200 valence electrons. The highest BCUT2D eigenvalue weighted by atomic mass is 28.3. The van der Waals surface area contributed by atoms with E-state index in [4.69, 9.17) is 0 Å². The van der Waals surface area contributed by atoms with E-state index >= 15 is 0 Å². The van der Waals surface area contributed by atoms with Crippen LogP contribution in [0, 0.1) is 0 Å². The number of rotatable bonds is 6. The first-order valence-electron chi connectivity index (χ1n) is 14.7. The van der Waals surface area contributed by atoms with Crippen molar-refractivity contribution in [1.82, 2.24) is 0 Å². The first-order valence-corrected chi connectivity index (χ1v) is 18.2. The Morgan fingerprint density at radius 1 is 0.537 bits per heavy atom. The molecule has 0 atom stereocenters. The summed E-state index contributed by atoms with van der Waals surface area (Å²) in [6, 6.07) is 51.5. The summed E-state index contributed by atoms with van der Waals surface area (Å²) in [5.41, 5.74) is 12.6. The predicted molar refractivity (Wildman–Crippen MR) is 174 cm³/mol. The van der Waals surface area contributed by atoms with E-state index in [0.29, 0.717) is 5.92 Å². The Bertz CT molecular complexity index is 1730. The van der Waals surface area contributed by atoms with Crippen molar-refractivity contribution in [3.05, 3.63) is 184 Å². The van der Waals surface area contributed by atoms with Gasteiger partial charge in [0.15, 0.2) is 6.54 Å². The Kier molecular flexibility index (Phi) is 6.44. The number of nitrogens with zero attached hydrogens (tertiary/aromatic N) is 1. The molecule has 3 aliphatic rings. The van der Waals surface area contributed by atoms with Crippen LogP contribution in [-0.4, -0.2) is 18.4 Å². The summed E-state index contributed by atoms with van der Waals surface area (Å²) in [4.78, 5) is 0. The summed E-state index contributed by atoms with van der Waals surface area (Å²) in [5.74, 6) is 0.494. The molecule has 5 aromatic carbocycles. The molecule has 0 fully saturated rings. The van der Waals surface area contributed by atoms with Crippen LogP contribution >= 0.6 is 0 Å². The van der Waals surface area contributed by atoms with Crippen LogP contribution in [0.15, 0.2) is 150 Å². The van der Waals surface area contributed by atoms with Gasteiger partial charge in [0.05, 0.1) is 8.07 Å². The smallest absolute Gasteiger partial charge is 0.187 e. The van der Waals surface area contributed by atoms with E-state index in [1.165, 1.54) is 50.4 Å². The van der Waals surface area contributed by atoms with Gasteiger partial charge in [-0.05, 0) is 34.4 Å². The van der Waals surface area contributed by atoms with Crippen LogP contribution in [0.1, 0.15) is 45.2 Å². The molecule has 0 unspecified atom stereocenters. The molecule has 0 amide bonds. The predicted octanol–water partition coefficient (Wildman–Crippen LogP) is 9.49. The number of para-hydroxylation sites is 1. The topological polar surface area (TPSA) is 3.01 Å². The molecule has 41 heavy (non-hydrogen) atoms. The van der Waals surface area contributed by atoms with Crippen LogP contribution in [0.25, 0.3) is 0 Å². The van der Waals surface area contributed by atoms with Gasteiger partial charge in [0.25, 0.3) is 0 Å². The molecule has 0 heterocycles. The zero-order valence-electron chi connectivity index (χ0n) is 24.1.